The van der Waals surface area contributed by atoms with Gasteiger partial charge in [0.1, 0.15) is 16.8 Å². The van der Waals surface area contributed by atoms with Gasteiger partial charge >= 0.3 is 5.76 Å². The lowest BCUT2D eigenvalue weighted by Gasteiger charge is -2.26. The highest BCUT2D eigenvalue weighted by Crippen LogP contribution is 2.39. The van der Waals surface area contributed by atoms with Crippen molar-refractivity contribution in [1.82, 2.24) is 14.9 Å². The predicted molar refractivity (Wildman–Crippen MR) is 120 cm³/mol. The normalized spacial score (nSPS) is 15.5. The Morgan fingerprint density at radius 2 is 1.94 bits per heavy atom. The molecule has 0 saturated heterocycles. The van der Waals surface area contributed by atoms with Crippen LogP contribution < -0.4 is 15.2 Å². The van der Waals surface area contributed by atoms with Gasteiger partial charge in [0.2, 0.25) is 15.9 Å². The zero-order valence-electron chi connectivity index (χ0n) is 18.4. The van der Waals surface area contributed by atoms with Gasteiger partial charge in [-0.2, -0.15) is 4.72 Å². The fourth-order valence-corrected chi connectivity index (χ4v) is 5.70. The second kappa shape index (κ2) is 8.97. The monoisotopic (exact) mass is 509 g/mol. The summed E-state index contributed by atoms with van der Waals surface area (Å²) in [4.78, 5) is 23.7. The Morgan fingerprint density at radius 1 is 1.21 bits per heavy atom. The van der Waals surface area contributed by atoms with Crippen molar-refractivity contribution < 1.29 is 26.8 Å². The highest BCUT2D eigenvalue weighted by molar-refractivity contribution is 7.89. The van der Waals surface area contributed by atoms with Crippen molar-refractivity contribution in [1.29, 1.82) is 0 Å². The van der Waals surface area contributed by atoms with Crippen molar-refractivity contribution in [3.63, 3.8) is 0 Å². The molecule has 2 heterocycles. The third-order valence-corrected chi connectivity index (χ3v) is 7.68. The number of carbonyl (C=O) groups excluding carboxylic acids is 1. The van der Waals surface area contributed by atoms with Gasteiger partial charge in [0.15, 0.2) is 11.5 Å². The van der Waals surface area contributed by atoms with E-state index in [0.29, 0.717) is 5.56 Å². The summed E-state index contributed by atoms with van der Waals surface area (Å²) in [6.07, 6.45) is 0.0631. The van der Waals surface area contributed by atoms with Gasteiger partial charge in [-0.05, 0) is 48.7 Å². The van der Waals surface area contributed by atoms with E-state index in [4.69, 9.17) is 20.8 Å². The fraction of sp³-hybridized carbons (Fsp3) is 0.318. The summed E-state index contributed by atoms with van der Waals surface area (Å²) in [5.74, 6) is -3.07. The number of fused-ring (bicyclic) bond motifs is 1. The molecule has 2 atom stereocenters. The van der Waals surface area contributed by atoms with Crippen LogP contribution in [0.1, 0.15) is 58.2 Å². The maximum atomic E-state index is 14.9. The number of halogens is 2. The summed E-state index contributed by atoms with van der Waals surface area (Å²) >= 11 is 6.12. The van der Waals surface area contributed by atoms with Crippen molar-refractivity contribution in [2.75, 3.05) is 6.61 Å². The second-order valence-electron chi connectivity index (χ2n) is 8.01. The molecule has 0 amide bonds. The summed E-state index contributed by atoms with van der Waals surface area (Å²) in [6, 6.07) is 4.13. The number of ether oxygens (including phenoxy) is 1. The predicted octanol–water partition coefficient (Wildman–Crippen LogP) is 3.56. The number of nitrogens with zero attached hydrogens (tertiary/aromatic N) is 1. The minimum absolute atomic E-state index is 0.00351. The number of hydrogen-bond donors (Lipinski definition) is 2. The Hall–Kier alpha value is -3.02. The van der Waals surface area contributed by atoms with Crippen molar-refractivity contribution >= 4 is 27.4 Å². The highest BCUT2D eigenvalue weighted by Gasteiger charge is 2.36. The standard InChI is InChI=1S/C22H21ClFN3O6S/c1-10-4-6-14(24)17(11(10)2)12(3)19(21-25-26-22(29)33-21)27-34(30,31)16-7-5-13(23)18-15(28)8-9-32-20(16)18/h4-7,12,19,27H,8-9H2,1-3H3,(H,26,29)/t12-,19+/m1/s1. The van der Waals surface area contributed by atoms with Gasteiger partial charge < -0.3 is 9.15 Å². The molecular weight excluding hydrogens is 489 g/mol. The molecule has 4 rings (SSSR count). The van der Waals surface area contributed by atoms with Crippen LogP contribution in [0.4, 0.5) is 4.39 Å². The first kappa shape index (κ1) is 24.1. The van der Waals surface area contributed by atoms with Crippen molar-refractivity contribution in [2.45, 2.75) is 44.0 Å². The van der Waals surface area contributed by atoms with E-state index < -0.39 is 33.6 Å². The van der Waals surface area contributed by atoms with Crippen LogP contribution in [0.3, 0.4) is 0 Å². The maximum absolute atomic E-state index is 14.9. The van der Waals surface area contributed by atoms with E-state index in [-0.39, 0.29) is 51.5 Å². The molecule has 0 radical (unpaired) electrons. The van der Waals surface area contributed by atoms with Crippen LogP contribution >= 0.6 is 11.6 Å². The summed E-state index contributed by atoms with van der Waals surface area (Å²) in [5.41, 5.74) is 1.63. The first-order valence-electron chi connectivity index (χ1n) is 10.3. The van der Waals surface area contributed by atoms with Gasteiger partial charge in [0.05, 0.1) is 17.2 Å². The molecule has 0 aliphatic carbocycles. The zero-order chi connectivity index (χ0) is 24.8. The quantitative estimate of drug-likeness (QED) is 0.519. The van der Waals surface area contributed by atoms with Crippen molar-refractivity contribution in [3.8, 4) is 5.75 Å². The average molecular weight is 510 g/mol. The summed E-state index contributed by atoms with van der Waals surface area (Å²) in [5, 5.41) is 5.94. The number of rotatable bonds is 6. The van der Waals surface area contributed by atoms with E-state index in [1.54, 1.807) is 26.8 Å². The molecule has 1 aliphatic rings. The van der Waals surface area contributed by atoms with Crippen LogP contribution in [-0.2, 0) is 10.0 Å². The topological polar surface area (TPSA) is 131 Å². The van der Waals surface area contributed by atoms with Gasteiger partial charge in [-0.3, -0.25) is 4.79 Å². The van der Waals surface area contributed by atoms with E-state index in [1.165, 1.54) is 18.2 Å². The zero-order valence-corrected chi connectivity index (χ0v) is 20.0. The fourth-order valence-electron chi connectivity index (χ4n) is 4.03. The molecule has 9 nitrogen and oxygen atoms in total. The van der Waals surface area contributed by atoms with Crippen LogP contribution in [0.2, 0.25) is 5.02 Å². The third kappa shape index (κ3) is 4.26. The number of aryl methyl sites for hydroxylation is 1. The number of aromatic nitrogens is 2. The van der Waals surface area contributed by atoms with Crippen molar-refractivity contribution in [2.24, 2.45) is 0 Å². The van der Waals surface area contributed by atoms with Crippen molar-refractivity contribution in [3.05, 3.63) is 73.8 Å². The molecular formula is C22H21ClFN3O6S. The largest absolute Gasteiger partial charge is 0.491 e. The Balaban J connectivity index is 1.83. The molecule has 12 heteroatoms. The minimum Gasteiger partial charge on any atom is -0.491 e. The Bertz CT molecular complexity index is 1450. The molecule has 0 bridgehead atoms. The van der Waals surface area contributed by atoms with Crippen LogP contribution in [0.25, 0.3) is 0 Å². The third-order valence-electron chi connectivity index (χ3n) is 5.91. The number of ketones is 1. The molecule has 0 saturated carbocycles. The second-order valence-corrected chi connectivity index (χ2v) is 10.1. The number of sulfonamides is 1. The molecule has 2 N–H and O–H groups in total. The Morgan fingerprint density at radius 3 is 2.62 bits per heavy atom. The van der Waals surface area contributed by atoms with Crippen LogP contribution in [0.5, 0.6) is 5.75 Å². The number of benzene rings is 2. The molecule has 2 aromatic carbocycles. The lowest BCUT2D eigenvalue weighted by Crippen LogP contribution is -2.33. The van der Waals surface area contributed by atoms with Gasteiger partial charge in [-0.15, -0.1) is 5.10 Å². The minimum atomic E-state index is -4.39. The van der Waals surface area contributed by atoms with Gasteiger partial charge in [0, 0.05) is 12.3 Å². The van der Waals surface area contributed by atoms with Gasteiger partial charge in [0.25, 0.3) is 0 Å². The van der Waals surface area contributed by atoms with E-state index in [1.807, 2.05) is 0 Å². The highest BCUT2D eigenvalue weighted by atomic mass is 35.5. The SMILES string of the molecule is Cc1ccc(F)c([C@@H](C)[C@H](NS(=O)(=O)c2ccc(Cl)c3c2OCCC3=O)c2n[nH]c(=O)o2)c1C. The first-order valence-corrected chi connectivity index (χ1v) is 12.2. The average Bonchev–Trinajstić information content (AvgIpc) is 3.21. The summed E-state index contributed by atoms with van der Waals surface area (Å²) in [7, 11) is -4.39. The van der Waals surface area contributed by atoms with E-state index in [2.05, 4.69) is 14.9 Å². The lowest BCUT2D eigenvalue weighted by molar-refractivity contribution is 0.0931. The number of nitrogens with one attached hydrogen (secondary N) is 2. The van der Waals surface area contributed by atoms with Gasteiger partial charge in [-0.25, -0.2) is 22.7 Å². The van der Waals surface area contributed by atoms with Crippen LogP contribution in [0, 0.1) is 19.7 Å². The Labute approximate surface area is 199 Å². The molecule has 0 fully saturated rings. The number of Topliss-reactive ketones (excluding diaryl/α,β-unsaturated/α-hetero) is 1. The maximum Gasteiger partial charge on any atom is 0.434 e. The molecule has 0 spiro atoms. The van der Waals surface area contributed by atoms with E-state index in [9.17, 15) is 22.4 Å². The summed E-state index contributed by atoms with van der Waals surface area (Å²) < 4.78 is 54.8. The van der Waals surface area contributed by atoms with Crippen LogP contribution in [0.15, 0.2) is 38.4 Å². The number of carbonyl (C=O) groups is 1. The first-order chi connectivity index (χ1) is 16.0. The summed E-state index contributed by atoms with van der Waals surface area (Å²) in [6.45, 7) is 5.10. The smallest absolute Gasteiger partial charge is 0.434 e. The molecule has 180 valence electrons. The van der Waals surface area contributed by atoms with Crippen LogP contribution in [-0.4, -0.2) is 31.0 Å². The molecule has 1 aromatic heterocycles. The molecule has 1 aliphatic heterocycles. The molecule has 3 aromatic rings. The Kier molecular flexibility index (Phi) is 6.36. The van der Waals surface area contributed by atoms with E-state index >= 15 is 0 Å². The molecule has 0 unspecified atom stereocenters. The lowest BCUT2D eigenvalue weighted by atomic mass is 9.88. The van der Waals surface area contributed by atoms with Gasteiger partial charge in [-0.1, -0.05) is 24.6 Å². The number of H-pyrrole nitrogens is 1. The number of aromatic amines is 1. The molecule has 34 heavy (non-hydrogen) atoms. The number of hydrogen-bond acceptors (Lipinski definition) is 7. The van der Waals surface area contributed by atoms with E-state index in [0.717, 1.165) is 5.56 Å².